The van der Waals surface area contributed by atoms with Gasteiger partial charge >= 0.3 is 0 Å². The summed E-state index contributed by atoms with van der Waals surface area (Å²) in [5.41, 5.74) is -0.0692. The van der Waals surface area contributed by atoms with Crippen molar-refractivity contribution >= 4 is 10.0 Å². The summed E-state index contributed by atoms with van der Waals surface area (Å²) in [4.78, 5) is 3.72. The molecule has 102 valence electrons. The first-order valence-corrected chi connectivity index (χ1v) is 7.67. The van der Waals surface area contributed by atoms with Crippen molar-refractivity contribution in [2.24, 2.45) is 5.92 Å². The van der Waals surface area contributed by atoms with E-state index in [1.165, 1.54) is 18.3 Å². The van der Waals surface area contributed by atoms with Gasteiger partial charge in [-0.25, -0.2) is 18.1 Å². The third-order valence-corrected chi connectivity index (χ3v) is 4.64. The summed E-state index contributed by atoms with van der Waals surface area (Å²) in [5.74, 6) is 0.346. The van der Waals surface area contributed by atoms with Gasteiger partial charge < -0.3 is 5.32 Å². The molecule has 2 rings (SSSR count). The molecule has 2 heterocycles. The molecule has 1 saturated heterocycles. The molecule has 2 N–H and O–H groups in total. The molecule has 1 aromatic rings. The van der Waals surface area contributed by atoms with Crippen molar-refractivity contribution in [3.8, 4) is 6.07 Å². The van der Waals surface area contributed by atoms with Crippen LogP contribution < -0.4 is 10.0 Å². The van der Waals surface area contributed by atoms with Crippen LogP contribution >= 0.6 is 0 Å². The molecule has 0 aromatic carbocycles. The molecular weight excluding hydrogens is 264 g/mol. The Morgan fingerprint density at radius 1 is 1.47 bits per heavy atom. The molecule has 1 aromatic heterocycles. The number of hydrogen-bond acceptors (Lipinski definition) is 5. The van der Waals surface area contributed by atoms with Crippen molar-refractivity contribution in [1.29, 1.82) is 5.26 Å². The van der Waals surface area contributed by atoms with Gasteiger partial charge in [0.1, 0.15) is 11.0 Å². The van der Waals surface area contributed by atoms with E-state index < -0.39 is 10.0 Å². The number of aromatic nitrogens is 1. The highest BCUT2D eigenvalue weighted by molar-refractivity contribution is 7.89. The summed E-state index contributed by atoms with van der Waals surface area (Å²) in [6.45, 7) is 2.25. The molecule has 0 aliphatic carbocycles. The summed E-state index contributed by atoms with van der Waals surface area (Å²) in [5, 5.41) is 12.1. The van der Waals surface area contributed by atoms with Crippen LogP contribution in [0.1, 0.15) is 18.5 Å². The first-order valence-electron chi connectivity index (χ1n) is 6.19. The Bertz CT molecular complexity index is 574. The van der Waals surface area contributed by atoms with Crippen molar-refractivity contribution in [2.45, 2.75) is 17.7 Å². The van der Waals surface area contributed by atoms with E-state index in [0.717, 1.165) is 25.9 Å². The van der Waals surface area contributed by atoms with E-state index in [2.05, 4.69) is 15.0 Å². The fraction of sp³-hybridized carbons (Fsp3) is 0.500. The Labute approximate surface area is 112 Å². The molecule has 19 heavy (non-hydrogen) atoms. The van der Waals surface area contributed by atoms with Crippen molar-refractivity contribution in [1.82, 2.24) is 15.0 Å². The zero-order valence-electron chi connectivity index (χ0n) is 10.5. The van der Waals surface area contributed by atoms with Crippen LogP contribution in [-0.4, -0.2) is 33.0 Å². The van der Waals surface area contributed by atoms with Crippen LogP contribution in [0, 0.1) is 17.2 Å². The SMILES string of the molecule is N#Cc1ncccc1S(=O)(=O)NCC1CCNCC1. The Balaban J connectivity index is 2.07. The van der Waals surface area contributed by atoms with E-state index in [1.807, 2.05) is 0 Å². The molecular formula is C12H16N4O2S. The highest BCUT2D eigenvalue weighted by atomic mass is 32.2. The number of nitrogens with zero attached hydrogens (tertiary/aromatic N) is 2. The minimum atomic E-state index is -3.66. The molecule has 0 unspecified atom stereocenters. The predicted octanol–water partition coefficient (Wildman–Crippen LogP) is 0.231. The molecule has 0 amide bonds. The Morgan fingerprint density at radius 2 is 2.21 bits per heavy atom. The fourth-order valence-electron chi connectivity index (χ4n) is 2.08. The minimum Gasteiger partial charge on any atom is -0.317 e. The van der Waals surface area contributed by atoms with Gasteiger partial charge in [0.2, 0.25) is 10.0 Å². The van der Waals surface area contributed by atoms with Gasteiger partial charge in [0, 0.05) is 12.7 Å². The number of rotatable bonds is 4. The van der Waals surface area contributed by atoms with E-state index in [1.54, 1.807) is 6.07 Å². The number of piperidine rings is 1. The lowest BCUT2D eigenvalue weighted by atomic mass is 9.99. The number of pyridine rings is 1. The lowest BCUT2D eigenvalue weighted by Crippen LogP contribution is -2.36. The van der Waals surface area contributed by atoms with E-state index >= 15 is 0 Å². The number of sulfonamides is 1. The standard InChI is InChI=1S/C12H16N4O2S/c13-8-11-12(2-1-5-15-11)19(17,18)16-9-10-3-6-14-7-4-10/h1-2,5,10,14,16H,3-4,6-7,9H2. The van der Waals surface area contributed by atoms with Crippen molar-refractivity contribution in [3.63, 3.8) is 0 Å². The van der Waals surface area contributed by atoms with Gasteiger partial charge in [-0.1, -0.05) is 0 Å². The van der Waals surface area contributed by atoms with Crippen LogP contribution in [0.25, 0.3) is 0 Å². The lowest BCUT2D eigenvalue weighted by molar-refractivity contribution is 0.372. The molecule has 7 heteroatoms. The average molecular weight is 280 g/mol. The van der Waals surface area contributed by atoms with Gasteiger partial charge in [-0.05, 0) is 44.0 Å². The molecule has 0 atom stereocenters. The maximum atomic E-state index is 12.1. The van der Waals surface area contributed by atoms with Crippen LogP contribution in [0.4, 0.5) is 0 Å². The van der Waals surface area contributed by atoms with Crippen molar-refractivity contribution in [2.75, 3.05) is 19.6 Å². The van der Waals surface area contributed by atoms with Gasteiger partial charge in [0.15, 0.2) is 5.69 Å². The highest BCUT2D eigenvalue weighted by Crippen LogP contribution is 2.14. The molecule has 6 nitrogen and oxygen atoms in total. The average Bonchev–Trinajstić information content (AvgIpc) is 2.46. The zero-order chi connectivity index (χ0) is 13.7. The first-order chi connectivity index (χ1) is 9.13. The maximum Gasteiger partial charge on any atom is 0.243 e. The van der Waals surface area contributed by atoms with E-state index in [0.29, 0.717) is 12.5 Å². The summed E-state index contributed by atoms with van der Waals surface area (Å²) in [6.07, 6.45) is 3.33. The molecule has 1 aliphatic rings. The van der Waals surface area contributed by atoms with Gasteiger partial charge in [0.05, 0.1) is 0 Å². The second-order valence-corrected chi connectivity index (χ2v) is 6.24. The molecule has 1 fully saturated rings. The predicted molar refractivity (Wildman–Crippen MR) is 69.7 cm³/mol. The van der Waals surface area contributed by atoms with Crippen LogP contribution in [0.2, 0.25) is 0 Å². The van der Waals surface area contributed by atoms with E-state index in [9.17, 15) is 8.42 Å². The number of nitrogens with one attached hydrogen (secondary N) is 2. The summed E-state index contributed by atoms with van der Waals surface area (Å²) in [7, 11) is -3.66. The lowest BCUT2D eigenvalue weighted by Gasteiger charge is -2.22. The Kier molecular flexibility index (Phi) is 4.47. The largest absolute Gasteiger partial charge is 0.317 e. The molecule has 1 aliphatic heterocycles. The third kappa shape index (κ3) is 3.50. The smallest absolute Gasteiger partial charge is 0.243 e. The van der Waals surface area contributed by atoms with Crippen molar-refractivity contribution in [3.05, 3.63) is 24.0 Å². The van der Waals surface area contributed by atoms with Gasteiger partial charge in [-0.15, -0.1) is 0 Å². The van der Waals surface area contributed by atoms with Crippen molar-refractivity contribution < 1.29 is 8.42 Å². The third-order valence-electron chi connectivity index (χ3n) is 3.19. The van der Waals surface area contributed by atoms with Gasteiger partial charge in [-0.3, -0.25) is 0 Å². The monoisotopic (exact) mass is 280 g/mol. The second-order valence-electron chi connectivity index (χ2n) is 4.51. The quantitative estimate of drug-likeness (QED) is 0.823. The van der Waals surface area contributed by atoms with Crippen LogP contribution in [-0.2, 0) is 10.0 Å². The van der Waals surface area contributed by atoms with Crippen LogP contribution in [0.5, 0.6) is 0 Å². The fourth-order valence-corrected chi connectivity index (χ4v) is 3.30. The maximum absolute atomic E-state index is 12.1. The molecule has 0 spiro atoms. The van der Waals surface area contributed by atoms with Gasteiger partial charge in [0.25, 0.3) is 0 Å². The normalized spacial score (nSPS) is 17.0. The molecule has 0 saturated carbocycles. The zero-order valence-corrected chi connectivity index (χ0v) is 11.3. The minimum absolute atomic E-state index is 0.0496. The first kappa shape index (κ1) is 13.9. The number of nitriles is 1. The van der Waals surface area contributed by atoms with Crippen LogP contribution in [0.3, 0.4) is 0 Å². The summed E-state index contributed by atoms with van der Waals surface area (Å²) in [6, 6.07) is 4.71. The van der Waals surface area contributed by atoms with E-state index in [-0.39, 0.29) is 10.6 Å². The van der Waals surface area contributed by atoms with Crippen LogP contribution in [0.15, 0.2) is 23.2 Å². The molecule has 0 radical (unpaired) electrons. The Hall–Kier alpha value is -1.49. The second kappa shape index (κ2) is 6.10. The van der Waals surface area contributed by atoms with E-state index in [4.69, 9.17) is 5.26 Å². The molecule has 0 bridgehead atoms. The highest BCUT2D eigenvalue weighted by Gasteiger charge is 2.21. The number of hydrogen-bond donors (Lipinski definition) is 2. The van der Waals surface area contributed by atoms with Gasteiger partial charge in [-0.2, -0.15) is 5.26 Å². The Morgan fingerprint density at radius 3 is 2.89 bits per heavy atom. The summed E-state index contributed by atoms with van der Waals surface area (Å²) < 4.78 is 26.8. The summed E-state index contributed by atoms with van der Waals surface area (Å²) >= 11 is 0. The topological polar surface area (TPSA) is 94.9 Å².